The van der Waals surface area contributed by atoms with E-state index >= 15 is 0 Å². The molecule has 2 aromatic rings. The number of anilines is 1. The standard InChI is InChI=1S/C14H15BrN2O2S/c1-11-10-13(5-6-14(11)15)17-20(18,19)9-7-12-4-2-3-8-16-12/h2-6,8,10,17H,7,9H2,1H3. The highest BCUT2D eigenvalue weighted by molar-refractivity contribution is 9.10. The summed E-state index contributed by atoms with van der Waals surface area (Å²) >= 11 is 3.38. The number of aromatic nitrogens is 1. The van der Waals surface area contributed by atoms with Gasteiger partial charge in [0, 0.05) is 28.5 Å². The molecule has 0 aliphatic rings. The number of rotatable bonds is 5. The van der Waals surface area contributed by atoms with Crippen LogP contribution in [0.15, 0.2) is 47.1 Å². The van der Waals surface area contributed by atoms with Gasteiger partial charge in [0.15, 0.2) is 0 Å². The first-order valence-corrected chi connectivity index (χ1v) is 8.57. The lowest BCUT2D eigenvalue weighted by atomic mass is 10.2. The van der Waals surface area contributed by atoms with Gasteiger partial charge in [0.25, 0.3) is 0 Å². The minimum Gasteiger partial charge on any atom is -0.284 e. The van der Waals surface area contributed by atoms with Crippen LogP contribution in [-0.2, 0) is 16.4 Å². The van der Waals surface area contributed by atoms with E-state index in [-0.39, 0.29) is 5.75 Å². The van der Waals surface area contributed by atoms with E-state index in [9.17, 15) is 8.42 Å². The van der Waals surface area contributed by atoms with E-state index in [1.807, 2.05) is 25.1 Å². The molecule has 0 saturated heterocycles. The number of nitrogens with zero attached hydrogens (tertiary/aromatic N) is 1. The number of benzene rings is 1. The molecule has 0 amide bonds. The van der Waals surface area contributed by atoms with Crippen LogP contribution in [0.2, 0.25) is 0 Å². The molecule has 0 saturated carbocycles. The van der Waals surface area contributed by atoms with Gasteiger partial charge in [-0.1, -0.05) is 22.0 Å². The van der Waals surface area contributed by atoms with Crippen LogP contribution in [0.25, 0.3) is 0 Å². The van der Waals surface area contributed by atoms with Crippen molar-refractivity contribution in [3.05, 3.63) is 58.3 Å². The number of pyridine rings is 1. The van der Waals surface area contributed by atoms with Gasteiger partial charge < -0.3 is 0 Å². The van der Waals surface area contributed by atoms with E-state index in [0.717, 1.165) is 15.7 Å². The van der Waals surface area contributed by atoms with Gasteiger partial charge in [-0.2, -0.15) is 0 Å². The molecular weight excluding hydrogens is 340 g/mol. The average Bonchev–Trinajstić information content (AvgIpc) is 2.42. The quantitative estimate of drug-likeness (QED) is 0.897. The number of halogens is 1. The van der Waals surface area contributed by atoms with E-state index in [2.05, 4.69) is 25.6 Å². The fourth-order valence-electron chi connectivity index (χ4n) is 1.72. The molecule has 0 atom stereocenters. The molecule has 1 aromatic heterocycles. The maximum atomic E-state index is 12.0. The minimum absolute atomic E-state index is 0.0130. The van der Waals surface area contributed by atoms with Crippen LogP contribution in [0.5, 0.6) is 0 Å². The molecule has 0 aliphatic carbocycles. The summed E-state index contributed by atoms with van der Waals surface area (Å²) in [5.74, 6) is 0.0130. The molecule has 6 heteroatoms. The summed E-state index contributed by atoms with van der Waals surface area (Å²) in [5.41, 5.74) is 2.33. The van der Waals surface area contributed by atoms with Crippen LogP contribution < -0.4 is 4.72 Å². The lowest BCUT2D eigenvalue weighted by Gasteiger charge is -2.09. The van der Waals surface area contributed by atoms with Gasteiger partial charge >= 0.3 is 0 Å². The molecule has 0 fully saturated rings. The van der Waals surface area contributed by atoms with Crippen molar-refractivity contribution in [1.82, 2.24) is 4.98 Å². The molecule has 1 aromatic carbocycles. The van der Waals surface area contributed by atoms with Crippen molar-refractivity contribution in [2.45, 2.75) is 13.3 Å². The highest BCUT2D eigenvalue weighted by atomic mass is 79.9. The Morgan fingerprint density at radius 2 is 2.05 bits per heavy atom. The molecule has 4 nitrogen and oxygen atoms in total. The third-order valence-electron chi connectivity index (χ3n) is 2.78. The largest absolute Gasteiger partial charge is 0.284 e. The van der Waals surface area contributed by atoms with Crippen molar-refractivity contribution in [1.29, 1.82) is 0 Å². The Balaban J connectivity index is 2.02. The maximum Gasteiger partial charge on any atom is 0.233 e. The maximum absolute atomic E-state index is 12.0. The zero-order valence-corrected chi connectivity index (χ0v) is 13.4. The average molecular weight is 355 g/mol. The Kier molecular flexibility index (Phi) is 4.77. The summed E-state index contributed by atoms with van der Waals surface area (Å²) in [5, 5.41) is 0. The van der Waals surface area contributed by atoms with Gasteiger partial charge in [0.1, 0.15) is 0 Å². The molecule has 2 rings (SSSR count). The Labute approximate surface area is 127 Å². The molecule has 0 bridgehead atoms. The molecule has 0 radical (unpaired) electrons. The van der Waals surface area contributed by atoms with Crippen LogP contribution in [0.4, 0.5) is 5.69 Å². The molecule has 20 heavy (non-hydrogen) atoms. The topological polar surface area (TPSA) is 59.1 Å². The van der Waals surface area contributed by atoms with Crippen LogP contribution in [-0.4, -0.2) is 19.2 Å². The summed E-state index contributed by atoms with van der Waals surface area (Å²) in [4.78, 5) is 4.12. The highest BCUT2D eigenvalue weighted by Crippen LogP contribution is 2.20. The normalized spacial score (nSPS) is 11.3. The molecule has 106 valence electrons. The summed E-state index contributed by atoms with van der Waals surface area (Å²) in [6, 6.07) is 10.8. The number of hydrogen-bond donors (Lipinski definition) is 1. The van der Waals surface area contributed by atoms with E-state index in [4.69, 9.17) is 0 Å². The lowest BCUT2D eigenvalue weighted by molar-refractivity contribution is 0.600. The molecule has 1 N–H and O–H groups in total. The van der Waals surface area contributed by atoms with Gasteiger partial charge in [0.05, 0.1) is 5.75 Å². The first kappa shape index (κ1) is 15.0. The van der Waals surface area contributed by atoms with Gasteiger partial charge in [0.2, 0.25) is 10.0 Å². The summed E-state index contributed by atoms with van der Waals surface area (Å²) in [7, 11) is -3.37. The molecule has 1 heterocycles. The second-order valence-corrected chi connectivity index (χ2v) is 7.15. The SMILES string of the molecule is Cc1cc(NS(=O)(=O)CCc2ccccn2)ccc1Br. The zero-order chi connectivity index (χ0) is 14.6. The van der Waals surface area contributed by atoms with Gasteiger partial charge in [-0.3, -0.25) is 9.71 Å². The Hall–Kier alpha value is -1.40. The lowest BCUT2D eigenvalue weighted by Crippen LogP contribution is -2.18. The Morgan fingerprint density at radius 3 is 2.70 bits per heavy atom. The second kappa shape index (κ2) is 6.37. The monoisotopic (exact) mass is 354 g/mol. The zero-order valence-electron chi connectivity index (χ0n) is 11.0. The first-order chi connectivity index (χ1) is 9.46. The van der Waals surface area contributed by atoms with Crippen molar-refractivity contribution in [3.63, 3.8) is 0 Å². The highest BCUT2D eigenvalue weighted by Gasteiger charge is 2.11. The molecule has 0 spiro atoms. The van der Waals surface area contributed by atoms with Crippen molar-refractivity contribution >= 4 is 31.6 Å². The van der Waals surface area contributed by atoms with Crippen LogP contribution in [0.3, 0.4) is 0 Å². The third-order valence-corrected chi connectivity index (χ3v) is 4.96. The fourth-order valence-corrected chi connectivity index (χ4v) is 3.04. The smallest absolute Gasteiger partial charge is 0.233 e. The fraction of sp³-hybridized carbons (Fsp3) is 0.214. The number of sulfonamides is 1. The molecule has 0 unspecified atom stereocenters. The van der Waals surface area contributed by atoms with Crippen molar-refractivity contribution < 1.29 is 8.42 Å². The van der Waals surface area contributed by atoms with Gasteiger partial charge in [-0.25, -0.2) is 8.42 Å². The molecular formula is C14H15BrN2O2S. The summed E-state index contributed by atoms with van der Waals surface area (Å²) in [6.45, 7) is 1.91. The number of hydrogen-bond acceptors (Lipinski definition) is 3. The van der Waals surface area contributed by atoms with Gasteiger partial charge in [-0.05, 0) is 42.8 Å². The van der Waals surface area contributed by atoms with E-state index in [0.29, 0.717) is 12.1 Å². The Bertz CT molecular complexity index is 688. The van der Waals surface area contributed by atoms with Crippen LogP contribution in [0.1, 0.15) is 11.3 Å². The summed E-state index contributed by atoms with van der Waals surface area (Å²) < 4.78 is 27.6. The predicted octanol–water partition coefficient (Wildman–Crippen LogP) is 3.14. The first-order valence-electron chi connectivity index (χ1n) is 6.13. The van der Waals surface area contributed by atoms with Crippen molar-refractivity contribution in [2.24, 2.45) is 0 Å². The minimum atomic E-state index is -3.37. The predicted molar refractivity (Wildman–Crippen MR) is 84.2 cm³/mol. The van der Waals surface area contributed by atoms with Crippen LogP contribution in [0, 0.1) is 6.92 Å². The number of nitrogens with one attached hydrogen (secondary N) is 1. The summed E-state index contributed by atoms with van der Waals surface area (Å²) in [6.07, 6.45) is 2.05. The second-order valence-electron chi connectivity index (χ2n) is 4.46. The molecule has 0 aliphatic heterocycles. The van der Waals surface area contributed by atoms with E-state index in [1.165, 1.54) is 0 Å². The van der Waals surface area contributed by atoms with Crippen LogP contribution >= 0.6 is 15.9 Å². The van der Waals surface area contributed by atoms with Gasteiger partial charge in [-0.15, -0.1) is 0 Å². The van der Waals surface area contributed by atoms with E-state index in [1.54, 1.807) is 24.4 Å². The van der Waals surface area contributed by atoms with Crippen molar-refractivity contribution in [3.8, 4) is 0 Å². The Morgan fingerprint density at radius 1 is 1.25 bits per heavy atom. The number of aryl methyl sites for hydroxylation is 2. The van der Waals surface area contributed by atoms with E-state index < -0.39 is 10.0 Å². The van der Waals surface area contributed by atoms with Crippen molar-refractivity contribution in [2.75, 3.05) is 10.5 Å². The third kappa shape index (κ3) is 4.31.